The standard InChI is InChI=1S/C23H21FN6OS/c1-16-10-22(32-14-16)17-11-18(13-21(12-17)30-15-25-26-27-30)23(31)29-8-6-28(7-9-29)20-4-2-19(24)3-5-20/h2-5,10-15H,6-9H2,1H3. The minimum Gasteiger partial charge on any atom is -0.368 e. The van der Waals surface area contributed by atoms with Gasteiger partial charge in [-0.3, -0.25) is 4.79 Å². The second-order valence-corrected chi connectivity index (χ2v) is 8.68. The van der Waals surface area contributed by atoms with Gasteiger partial charge in [0.2, 0.25) is 0 Å². The monoisotopic (exact) mass is 448 g/mol. The summed E-state index contributed by atoms with van der Waals surface area (Å²) in [5, 5.41) is 13.5. The fourth-order valence-electron chi connectivity index (χ4n) is 3.87. The van der Waals surface area contributed by atoms with Crippen LogP contribution in [-0.4, -0.2) is 57.2 Å². The van der Waals surface area contributed by atoms with Crippen molar-refractivity contribution in [1.29, 1.82) is 0 Å². The summed E-state index contributed by atoms with van der Waals surface area (Å²) in [6, 6.07) is 14.3. The zero-order valence-corrected chi connectivity index (χ0v) is 18.3. The van der Waals surface area contributed by atoms with Crippen molar-refractivity contribution in [2.24, 2.45) is 0 Å². The van der Waals surface area contributed by atoms with Crippen LogP contribution in [0.1, 0.15) is 15.9 Å². The number of piperazine rings is 1. The Bertz CT molecular complexity index is 1230. The molecular formula is C23H21FN6OS. The smallest absolute Gasteiger partial charge is 0.254 e. The van der Waals surface area contributed by atoms with Gasteiger partial charge in [-0.15, -0.1) is 16.4 Å². The van der Waals surface area contributed by atoms with Gasteiger partial charge in [0.1, 0.15) is 12.1 Å². The number of hydrogen-bond acceptors (Lipinski definition) is 6. The number of hydrogen-bond donors (Lipinski definition) is 0. The van der Waals surface area contributed by atoms with E-state index in [9.17, 15) is 9.18 Å². The van der Waals surface area contributed by atoms with Crippen LogP contribution in [0.15, 0.2) is 60.2 Å². The summed E-state index contributed by atoms with van der Waals surface area (Å²) in [4.78, 5) is 18.5. The van der Waals surface area contributed by atoms with E-state index >= 15 is 0 Å². The molecule has 5 rings (SSSR count). The van der Waals surface area contributed by atoms with E-state index in [2.05, 4.69) is 38.8 Å². The highest BCUT2D eigenvalue weighted by Crippen LogP contribution is 2.30. The molecule has 0 atom stereocenters. The molecule has 1 fully saturated rings. The third kappa shape index (κ3) is 4.11. The fraction of sp³-hybridized carbons (Fsp3) is 0.217. The van der Waals surface area contributed by atoms with Crippen molar-refractivity contribution in [3.05, 3.63) is 77.2 Å². The Morgan fingerprint density at radius 1 is 1.00 bits per heavy atom. The number of amides is 1. The lowest BCUT2D eigenvalue weighted by atomic mass is 10.1. The predicted molar refractivity (Wildman–Crippen MR) is 122 cm³/mol. The molecule has 0 radical (unpaired) electrons. The van der Waals surface area contributed by atoms with Gasteiger partial charge in [0, 0.05) is 42.3 Å². The molecule has 9 heteroatoms. The minimum absolute atomic E-state index is 0.0202. The molecule has 7 nitrogen and oxygen atoms in total. The Labute approximate surface area is 188 Å². The van der Waals surface area contributed by atoms with Crippen molar-refractivity contribution < 1.29 is 9.18 Å². The molecule has 1 aliphatic rings. The molecule has 0 bridgehead atoms. The highest BCUT2D eigenvalue weighted by atomic mass is 32.1. The number of halogens is 1. The van der Waals surface area contributed by atoms with Gasteiger partial charge in [0.05, 0.1) is 5.69 Å². The van der Waals surface area contributed by atoms with Crippen LogP contribution in [0, 0.1) is 12.7 Å². The highest BCUT2D eigenvalue weighted by Gasteiger charge is 2.23. The molecule has 0 N–H and O–H groups in total. The Morgan fingerprint density at radius 3 is 2.44 bits per heavy atom. The lowest BCUT2D eigenvalue weighted by Crippen LogP contribution is -2.48. The molecule has 32 heavy (non-hydrogen) atoms. The normalized spacial score (nSPS) is 14.1. The van der Waals surface area contributed by atoms with Gasteiger partial charge in [0.25, 0.3) is 5.91 Å². The van der Waals surface area contributed by atoms with Crippen LogP contribution in [0.5, 0.6) is 0 Å². The molecular weight excluding hydrogens is 427 g/mol. The Kier molecular flexibility index (Phi) is 5.40. The van der Waals surface area contributed by atoms with E-state index in [4.69, 9.17) is 0 Å². The van der Waals surface area contributed by atoms with Crippen molar-refractivity contribution in [2.75, 3.05) is 31.1 Å². The molecule has 4 aromatic rings. The average Bonchev–Trinajstić information content (AvgIpc) is 3.51. The van der Waals surface area contributed by atoms with Crippen LogP contribution in [0.4, 0.5) is 10.1 Å². The molecule has 0 spiro atoms. The number of benzene rings is 2. The molecule has 0 aliphatic carbocycles. The number of nitrogens with zero attached hydrogens (tertiary/aromatic N) is 6. The van der Waals surface area contributed by atoms with Crippen molar-refractivity contribution in [3.8, 4) is 16.1 Å². The maximum atomic E-state index is 13.4. The number of aromatic nitrogens is 4. The number of tetrazole rings is 1. The quantitative estimate of drug-likeness (QED) is 0.475. The highest BCUT2D eigenvalue weighted by molar-refractivity contribution is 7.13. The molecule has 2 aromatic heterocycles. The van der Waals surface area contributed by atoms with Gasteiger partial charge in [-0.2, -0.15) is 0 Å². The van der Waals surface area contributed by atoms with Gasteiger partial charge in [0.15, 0.2) is 0 Å². The minimum atomic E-state index is -0.248. The molecule has 3 heterocycles. The van der Waals surface area contributed by atoms with Crippen LogP contribution in [-0.2, 0) is 0 Å². The molecule has 162 valence electrons. The molecule has 1 amide bonds. The Hall–Kier alpha value is -3.59. The topological polar surface area (TPSA) is 67.2 Å². The van der Waals surface area contributed by atoms with Crippen molar-refractivity contribution in [2.45, 2.75) is 6.92 Å². The fourth-order valence-corrected chi connectivity index (χ4v) is 4.76. The molecule has 1 aliphatic heterocycles. The first-order valence-electron chi connectivity index (χ1n) is 10.3. The SMILES string of the molecule is Cc1csc(-c2cc(C(=O)N3CCN(c4ccc(F)cc4)CC3)cc(-n3cnnn3)c2)c1. The van der Waals surface area contributed by atoms with E-state index in [0.29, 0.717) is 31.7 Å². The summed E-state index contributed by atoms with van der Waals surface area (Å²) in [7, 11) is 0. The van der Waals surface area contributed by atoms with Gasteiger partial charge in [-0.05, 0) is 82.4 Å². The van der Waals surface area contributed by atoms with Gasteiger partial charge in [-0.1, -0.05) is 0 Å². The predicted octanol–water partition coefficient (Wildman–Crippen LogP) is 3.80. The van der Waals surface area contributed by atoms with E-state index in [0.717, 1.165) is 21.8 Å². The summed E-state index contributed by atoms with van der Waals surface area (Å²) >= 11 is 1.64. The summed E-state index contributed by atoms with van der Waals surface area (Å²) in [6.45, 7) is 4.64. The first-order chi connectivity index (χ1) is 15.6. The van der Waals surface area contributed by atoms with Crippen LogP contribution >= 0.6 is 11.3 Å². The number of thiophene rings is 1. The average molecular weight is 449 g/mol. The second kappa shape index (κ2) is 8.51. The largest absolute Gasteiger partial charge is 0.368 e. The van der Waals surface area contributed by atoms with Gasteiger partial charge >= 0.3 is 0 Å². The number of anilines is 1. The summed E-state index contributed by atoms with van der Waals surface area (Å²) in [5.41, 5.74) is 4.46. The number of rotatable bonds is 4. The van der Waals surface area contributed by atoms with Crippen molar-refractivity contribution in [1.82, 2.24) is 25.1 Å². The first kappa shape index (κ1) is 20.3. The summed E-state index contributed by atoms with van der Waals surface area (Å²) in [5.74, 6) is -0.269. The van der Waals surface area contributed by atoms with Crippen LogP contribution in [0.2, 0.25) is 0 Å². The van der Waals surface area contributed by atoms with Gasteiger partial charge < -0.3 is 9.80 Å². The van der Waals surface area contributed by atoms with Crippen LogP contribution in [0.25, 0.3) is 16.1 Å². The second-order valence-electron chi connectivity index (χ2n) is 7.77. The van der Waals surface area contributed by atoms with Crippen molar-refractivity contribution in [3.63, 3.8) is 0 Å². The van der Waals surface area contributed by atoms with E-state index in [1.807, 2.05) is 23.1 Å². The summed E-state index contributed by atoms with van der Waals surface area (Å²) in [6.07, 6.45) is 1.52. The maximum absolute atomic E-state index is 13.4. The third-order valence-electron chi connectivity index (χ3n) is 5.55. The maximum Gasteiger partial charge on any atom is 0.254 e. The van der Waals surface area contributed by atoms with E-state index in [-0.39, 0.29) is 11.7 Å². The van der Waals surface area contributed by atoms with E-state index in [1.165, 1.54) is 24.0 Å². The van der Waals surface area contributed by atoms with E-state index in [1.54, 1.807) is 28.2 Å². The first-order valence-corrected chi connectivity index (χ1v) is 11.2. The zero-order valence-electron chi connectivity index (χ0n) is 17.5. The molecule has 0 saturated carbocycles. The number of carbonyl (C=O) groups excluding carboxylic acids is 1. The molecule has 1 saturated heterocycles. The number of carbonyl (C=O) groups is 1. The molecule has 0 unspecified atom stereocenters. The van der Waals surface area contributed by atoms with Crippen LogP contribution in [0.3, 0.4) is 0 Å². The van der Waals surface area contributed by atoms with E-state index < -0.39 is 0 Å². The lowest BCUT2D eigenvalue weighted by Gasteiger charge is -2.36. The third-order valence-corrected chi connectivity index (χ3v) is 6.65. The summed E-state index contributed by atoms with van der Waals surface area (Å²) < 4.78 is 14.8. The van der Waals surface area contributed by atoms with Crippen LogP contribution < -0.4 is 4.90 Å². The zero-order chi connectivity index (χ0) is 22.1. The number of aryl methyl sites for hydroxylation is 1. The molecule has 2 aromatic carbocycles. The van der Waals surface area contributed by atoms with Gasteiger partial charge in [-0.25, -0.2) is 9.07 Å². The lowest BCUT2D eigenvalue weighted by molar-refractivity contribution is 0.0747. The Balaban J connectivity index is 1.39. The van der Waals surface area contributed by atoms with Crippen molar-refractivity contribution >= 4 is 22.9 Å². The Morgan fingerprint density at radius 2 is 1.78 bits per heavy atom.